The molecular formula is C13H18ClN3O2. The minimum Gasteiger partial charge on any atom is -0.478 e. The predicted octanol–water partition coefficient (Wildman–Crippen LogP) is 1.96. The van der Waals surface area contributed by atoms with Crippen molar-refractivity contribution < 1.29 is 9.90 Å². The van der Waals surface area contributed by atoms with Crippen molar-refractivity contribution in [3.05, 3.63) is 22.8 Å². The van der Waals surface area contributed by atoms with Crippen LogP contribution in [0.3, 0.4) is 0 Å². The monoisotopic (exact) mass is 283 g/mol. The Morgan fingerprint density at radius 2 is 1.95 bits per heavy atom. The lowest BCUT2D eigenvalue weighted by molar-refractivity contribution is 0.0697. The van der Waals surface area contributed by atoms with Gasteiger partial charge in [0.15, 0.2) is 0 Å². The van der Waals surface area contributed by atoms with Crippen molar-refractivity contribution in [2.45, 2.75) is 19.9 Å². The summed E-state index contributed by atoms with van der Waals surface area (Å²) in [5.41, 5.74) is 0.182. The van der Waals surface area contributed by atoms with Crippen LogP contribution in [0.2, 0.25) is 5.15 Å². The van der Waals surface area contributed by atoms with E-state index in [1.165, 1.54) is 6.07 Å². The van der Waals surface area contributed by atoms with E-state index in [0.29, 0.717) is 11.9 Å². The molecule has 1 aromatic heterocycles. The highest BCUT2D eigenvalue weighted by atomic mass is 35.5. The summed E-state index contributed by atoms with van der Waals surface area (Å²) in [6, 6.07) is 3.49. The van der Waals surface area contributed by atoms with Gasteiger partial charge in [-0.3, -0.25) is 4.90 Å². The minimum absolute atomic E-state index is 0.182. The van der Waals surface area contributed by atoms with Gasteiger partial charge in [-0.1, -0.05) is 11.6 Å². The SMILES string of the molecule is CC(C)N1CCN(c2cc(C(=O)O)cc(Cl)n2)CC1. The average Bonchev–Trinajstić information content (AvgIpc) is 2.38. The van der Waals surface area contributed by atoms with Crippen LogP contribution in [0.5, 0.6) is 0 Å². The number of nitrogens with zero attached hydrogens (tertiary/aromatic N) is 3. The molecule has 1 saturated heterocycles. The summed E-state index contributed by atoms with van der Waals surface area (Å²) in [5.74, 6) is -0.334. The van der Waals surface area contributed by atoms with Crippen LogP contribution in [-0.4, -0.2) is 53.2 Å². The van der Waals surface area contributed by atoms with Crippen LogP contribution in [0.25, 0.3) is 0 Å². The first kappa shape index (κ1) is 14.1. The van der Waals surface area contributed by atoms with Gasteiger partial charge in [0.05, 0.1) is 5.56 Å². The van der Waals surface area contributed by atoms with E-state index in [9.17, 15) is 4.79 Å². The van der Waals surface area contributed by atoms with E-state index in [2.05, 4.69) is 28.6 Å². The second-order valence-corrected chi connectivity index (χ2v) is 5.35. The smallest absolute Gasteiger partial charge is 0.335 e. The molecular weight excluding hydrogens is 266 g/mol. The lowest BCUT2D eigenvalue weighted by Gasteiger charge is -2.37. The fourth-order valence-electron chi connectivity index (χ4n) is 2.24. The Morgan fingerprint density at radius 3 is 2.47 bits per heavy atom. The molecule has 104 valence electrons. The molecule has 1 aliphatic rings. The van der Waals surface area contributed by atoms with E-state index < -0.39 is 5.97 Å². The lowest BCUT2D eigenvalue weighted by Crippen LogP contribution is -2.49. The van der Waals surface area contributed by atoms with Crippen molar-refractivity contribution in [3.63, 3.8) is 0 Å². The third kappa shape index (κ3) is 3.36. The Hall–Kier alpha value is -1.33. The summed E-state index contributed by atoms with van der Waals surface area (Å²) < 4.78 is 0. The van der Waals surface area contributed by atoms with Crippen molar-refractivity contribution >= 4 is 23.4 Å². The molecule has 0 bridgehead atoms. The molecule has 2 rings (SSSR count). The molecule has 0 radical (unpaired) electrons. The molecule has 2 heterocycles. The summed E-state index contributed by atoms with van der Waals surface area (Å²) in [5, 5.41) is 9.26. The van der Waals surface area contributed by atoms with Gasteiger partial charge >= 0.3 is 5.97 Å². The molecule has 1 fully saturated rings. The standard InChI is InChI=1S/C13H18ClN3O2/c1-9(2)16-3-5-17(6-4-16)12-8-10(13(18)19)7-11(14)15-12/h7-9H,3-6H2,1-2H3,(H,18,19). The van der Waals surface area contributed by atoms with E-state index in [0.717, 1.165) is 26.2 Å². The molecule has 0 spiro atoms. The molecule has 0 saturated carbocycles. The maximum absolute atomic E-state index is 11.0. The number of anilines is 1. The Kier molecular flexibility index (Phi) is 4.27. The van der Waals surface area contributed by atoms with Gasteiger partial charge in [0.25, 0.3) is 0 Å². The number of carbonyl (C=O) groups is 1. The van der Waals surface area contributed by atoms with Gasteiger partial charge in [-0.2, -0.15) is 0 Å². The molecule has 5 nitrogen and oxygen atoms in total. The number of aromatic nitrogens is 1. The van der Waals surface area contributed by atoms with Crippen molar-refractivity contribution in [1.29, 1.82) is 0 Å². The quantitative estimate of drug-likeness (QED) is 0.860. The van der Waals surface area contributed by atoms with Crippen molar-refractivity contribution in [2.24, 2.45) is 0 Å². The Bertz CT molecular complexity index is 471. The minimum atomic E-state index is -0.980. The second kappa shape index (κ2) is 5.75. The zero-order valence-electron chi connectivity index (χ0n) is 11.1. The molecule has 1 aromatic rings. The molecule has 0 aromatic carbocycles. The Morgan fingerprint density at radius 1 is 1.32 bits per heavy atom. The van der Waals surface area contributed by atoms with Gasteiger partial charge in [0.2, 0.25) is 0 Å². The highest BCUT2D eigenvalue weighted by Gasteiger charge is 2.20. The normalized spacial score (nSPS) is 16.9. The topological polar surface area (TPSA) is 56.7 Å². The fourth-order valence-corrected chi connectivity index (χ4v) is 2.44. The third-order valence-corrected chi connectivity index (χ3v) is 3.59. The van der Waals surface area contributed by atoms with Gasteiger partial charge in [-0.05, 0) is 26.0 Å². The van der Waals surface area contributed by atoms with Crippen LogP contribution in [0.15, 0.2) is 12.1 Å². The zero-order chi connectivity index (χ0) is 14.0. The van der Waals surface area contributed by atoms with Gasteiger partial charge in [-0.15, -0.1) is 0 Å². The van der Waals surface area contributed by atoms with E-state index >= 15 is 0 Å². The van der Waals surface area contributed by atoms with Crippen molar-refractivity contribution in [3.8, 4) is 0 Å². The molecule has 0 aliphatic carbocycles. The maximum Gasteiger partial charge on any atom is 0.335 e. The van der Waals surface area contributed by atoms with Crippen LogP contribution in [0, 0.1) is 0 Å². The van der Waals surface area contributed by atoms with Crippen LogP contribution in [0.4, 0.5) is 5.82 Å². The summed E-state index contributed by atoms with van der Waals surface area (Å²) in [6.07, 6.45) is 0. The van der Waals surface area contributed by atoms with E-state index in [-0.39, 0.29) is 10.7 Å². The maximum atomic E-state index is 11.0. The summed E-state index contributed by atoms with van der Waals surface area (Å²) in [4.78, 5) is 19.7. The van der Waals surface area contributed by atoms with Crippen molar-refractivity contribution in [1.82, 2.24) is 9.88 Å². The highest BCUT2D eigenvalue weighted by Crippen LogP contribution is 2.20. The summed E-state index contributed by atoms with van der Waals surface area (Å²) >= 11 is 5.88. The number of hydrogen-bond donors (Lipinski definition) is 1. The Balaban J connectivity index is 2.13. The Labute approximate surface area is 117 Å². The number of carboxylic acid groups (broad SMARTS) is 1. The van der Waals surface area contributed by atoms with Gasteiger partial charge in [0.1, 0.15) is 11.0 Å². The number of hydrogen-bond acceptors (Lipinski definition) is 4. The van der Waals surface area contributed by atoms with Gasteiger partial charge in [-0.25, -0.2) is 9.78 Å². The second-order valence-electron chi connectivity index (χ2n) is 4.96. The molecule has 1 N–H and O–H groups in total. The first-order valence-electron chi connectivity index (χ1n) is 6.37. The predicted molar refractivity (Wildman–Crippen MR) is 75.1 cm³/mol. The number of halogens is 1. The number of pyridine rings is 1. The lowest BCUT2D eigenvalue weighted by atomic mass is 10.2. The molecule has 0 atom stereocenters. The van der Waals surface area contributed by atoms with Crippen LogP contribution < -0.4 is 4.90 Å². The molecule has 6 heteroatoms. The summed E-state index contributed by atoms with van der Waals surface area (Å²) in [7, 11) is 0. The molecule has 1 aliphatic heterocycles. The first-order chi connectivity index (χ1) is 8.97. The summed E-state index contributed by atoms with van der Waals surface area (Å²) in [6.45, 7) is 7.93. The van der Waals surface area contributed by atoms with Crippen molar-refractivity contribution in [2.75, 3.05) is 31.1 Å². The van der Waals surface area contributed by atoms with Crippen LogP contribution >= 0.6 is 11.6 Å². The molecule has 0 unspecified atom stereocenters. The largest absolute Gasteiger partial charge is 0.478 e. The van der Waals surface area contributed by atoms with E-state index in [1.54, 1.807) is 6.07 Å². The molecule has 0 amide bonds. The zero-order valence-corrected chi connectivity index (χ0v) is 11.9. The number of aromatic carboxylic acids is 1. The number of piperazine rings is 1. The van der Waals surface area contributed by atoms with Crippen LogP contribution in [-0.2, 0) is 0 Å². The number of carboxylic acids is 1. The van der Waals surface area contributed by atoms with E-state index in [4.69, 9.17) is 16.7 Å². The number of rotatable bonds is 3. The highest BCUT2D eigenvalue weighted by molar-refractivity contribution is 6.29. The fraction of sp³-hybridized carbons (Fsp3) is 0.538. The first-order valence-corrected chi connectivity index (χ1v) is 6.75. The van der Waals surface area contributed by atoms with Gasteiger partial charge < -0.3 is 10.0 Å². The average molecular weight is 284 g/mol. The molecule has 19 heavy (non-hydrogen) atoms. The van der Waals surface area contributed by atoms with E-state index in [1.807, 2.05) is 0 Å². The van der Waals surface area contributed by atoms with Crippen LogP contribution in [0.1, 0.15) is 24.2 Å². The van der Waals surface area contributed by atoms with Gasteiger partial charge in [0, 0.05) is 32.2 Å². The third-order valence-electron chi connectivity index (χ3n) is 3.40.